The number of rotatable bonds is 25. The molecule has 10 rings (SSSR count). The highest BCUT2D eigenvalue weighted by Gasteiger charge is 2.22. The van der Waals surface area contributed by atoms with Gasteiger partial charge in [-0.3, -0.25) is 19.4 Å². The summed E-state index contributed by atoms with van der Waals surface area (Å²) in [6, 6.07) is 77.5. The van der Waals surface area contributed by atoms with Crippen LogP contribution in [0.5, 0.6) is 0 Å². The number of nitrogens with one attached hydrogen (secondary N) is 6. The van der Waals surface area contributed by atoms with Gasteiger partial charge in [0.05, 0.1) is 26.2 Å². The molecule has 0 spiro atoms. The number of carbonyl (C=O) groups excluding carboxylic acids is 4. The average Bonchev–Trinajstić information content (AvgIpc) is 0.839. The van der Waals surface area contributed by atoms with Crippen LogP contribution in [0.15, 0.2) is 255 Å². The van der Waals surface area contributed by atoms with E-state index in [4.69, 9.17) is 56.6 Å². The SMILES string of the molecule is O=C(NC[C@@H](O)C(=O)O)c1ccc(CN(C(=O)Nc2cc(Cl)cc(Cl)c2)c2ccc(-c3ccccc3)cc2)cc1.O=C(NC[C@@H](O)C(=O)O)c1ccc(CN(C(=O)Nc2cc(Cl)cc(Cl)c2)c2ccc(-c3ccccc3)cc2)cc1.c1ccc(CNCCNCc2ccccc2)cc1. The van der Waals surface area contributed by atoms with Crippen molar-refractivity contribution in [3.8, 4) is 22.3 Å². The lowest BCUT2D eigenvalue weighted by Crippen LogP contribution is -2.36. The average molecular weight is 1400 g/mol. The number of benzene rings is 10. The minimum absolute atomic E-state index is 0.171. The van der Waals surface area contributed by atoms with Gasteiger partial charge in [-0.1, -0.05) is 216 Å². The minimum atomic E-state index is -1.70. The quantitative estimate of drug-likeness (QED) is 0.0240. The van der Waals surface area contributed by atoms with Gasteiger partial charge in [-0.05, 0) is 129 Å². The molecule has 18 nitrogen and oxygen atoms in total. The fraction of sp³-hybridized carbons (Fsp3) is 0.132. The molecule has 0 unspecified atom stereocenters. The van der Waals surface area contributed by atoms with Gasteiger partial charge in [-0.25, -0.2) is 19.2 Å². The zero-order valence-electron chi connectivity index (χ0n) is 52.7. The van der Waals surface area contributed by atoms with Crippen LogP contribution < -0.4 is 41.7 Å². The second-order valence-corrected chi connectivity index (χ2v) is 23.8. The van der Waals surface area contributed by atoms with E-state index in [-0.39, 0.29) is 24.2 Å². The maximum absolute atomic E-state index is 13.5. The summed E-state index contributed by atoms with van der Waals surface area (Å²) in [6.07, 6.45) is -3.39. The first-order valence-corrected chi connectivity index (χ1v) is 32.3. The number of nitrogens with zero attached hydrogens (tertiary/aromatic N) is 2. The van der Waals surface area contributed by atoms with Crippen molar-refractivity contribution in [1.29, 1.82) is 0 Å². The van der Waals surface area contributed by atoms with E-state index < -0.39 is 61.1 Å². The third-order valence-electron chi connectivity index (χ3n) is 14.7. The number of halogens is 4. The van der Waals surface area contributed by atoms with Gasteiger partial charge in [0, 0.05) is 80.1 Å². The first-order valence-electron chi connectivity index (χ1n) is 30.8. The lowest BCUT2D eigenvalue weighted by atomic mass is 10.1. The van der Waals surface area contributed by atoms with Crippen molar-refractivity contribution in [2.24, 2.45) is 0 Å². The van der Waals surface area contributed by atoms with E-state index in [1.165, 1.54) is 11.1 Å². The molecular weight excluding hydrogens is 1330 g/mol. The summed E-state index contributed by atoms with van der Waals surface area (Å²) in [5.74, 6) is -3.91. The smallest absolute Gasteiger partial charge is 0.334 e. The predicted octanol–water partition coefficient (Wildman–Crippen LogP) is 14.7. The van der Waals surface area contributed by atoms with Crippen molar-refractivity contribution in [1.82, 2.24) is 21.3 Å². The van der Waals surface area contributed by atoms with E-state index in [0.717, 1.165) is 59.6 Å². The first kappa shape index (κ1) is 73.4. The summed E-state index contributed by atoms with van der Waals surface area (Å²) in [6.45, 7) is 3.35. The number of amides is 6. The van der Waals surface area contributed by atoms with Gasteiger partial charge in [-0.15, -0.1) is 0 Å². The molecule has 0 heterocycles. The van der Waals surface area contributed by atoms with Crippen molar-refractivity contribution >= 4 is 105 Å². The number of aliphatic hydroxyl groups is 2. The Hall–Kier alpha value is -10.4. The molecule has 0 aliphatic rings. The van der Waals surface area contributed by atoms with E-state index in [2.05, 4.69) is 80.4 Å². The van der Waals surface area contributed by atoms with E-state index >= 15 is 0 Å². The highest BCUT2D eigenvalue weighted by molar-refractivity contribution is 6.35. The number of hydrogen-bond donors (Lipinski definition) is 10. The van der Waals surface area contributed by atoms with Crippen molar-refractivity contribution in [3.05, 3.63) is 308 Å². The molecule has 6 amide bonds. The Balaban J connectivity index is 0.000000201. The van der Waals surface area contributed by atoms with Crippen LogP contribution in [-0.4, -0.2) is 94.6 Å². The van der Waals surface area contributed by atoms with Crippen molar-refractivity contribution in [2.75, 3.05) is 46.6 Å². The van der Waals surface area contributed by atoms with Gasteiger partial charge in [0.2, 0.25) is 0 Å². The Labute approximate surface area is 587 Å². The highest BCUT2D eigenvalue weighted by Crippen LogP contribution is 2.30. The number of hydrogen-bond acceptors (Lipinski definition) is 10. The molecule has 0 aromatic heterocycles. The van der Waals surface area contributed by atoms with Gasteiger partial charge in [-0.2, -0.15) is 0 Å². The highest BCUT2D eigenvalue weighted by atomic mass is 35.5. The standard InChI is InChI=1S/2C30H25Cl2N3O5.C16H20N2/c2*31-23-14-24(32)16-25(15-23)34-30(40)35(26-12-10-21(11-13-26)20-4-2-1-3-5-20)18-19-6-8-22(9-7-19)28(37)33-17-27(36)29(38)39;1-3-7-15(8-4-1)13-17-11-12-18-14-16-9-5-2-6-10-16/h2*1-16,27,36H,17-18H2,(H,33,37)(H,34,40)(H,38,39);1-10,17-18H,11-14H2/t2*27-;/m11./s1. The molecule has 0 aliphatic heterocycles. The predicted molar refractivity (Wildman–Crippen MR) is 388 cm³/mol. The second kappa shape index (κ2) is 37.8. The number of carboxylic acids is 2. The Morgan fingerprint density at radius 3 is 0.959 bits per heavy atom. The van der Waals surface area contributed by atoms with E-state index in [1.807, 2.05) is 121 Å². The first-order chi connectivity index (χ1) is 47.3. The molecule has 0 fully saturated rings. The largest absolute Gasteiger partial charge is 0.479 e. The Morgan fingerprint density at radius 1 is 0.357 bits per heavy atom. The molecule has 10 N–H and O–H groups in total. The number of aliphatic hydroxyl groups excluding tert-OH is 2. The Bertz CT molecular complexity index is 3910. The summed E-state index contributed by atoms with van der Waals surface area (Å²) in [5.41, 5.74) is 10.9. The Kier molecular flexibility index (Phi) is 28.3. The molecule has 10 aromatic carbocycles. The van der Waals surface area contributed by atoms with Crippen LogP contribution in [-0.2, 0) is 35.8 Å². The number of carboxylic acid groups (broad SMARTS) is 2. The van der Waals surface area contributed by atoms with Gasteiger partial charge in [0.1, 0.15) is 0 Å². The molecule has 22 heteroatoms. The van der Waals surface area contributed by atoms with Crippen molar-refractivity contribution in [2.45, 2.75) is 38.4 Å². The number of carbonyl (C=O) groups is 6. The van der Waals surface area contributed by atoms with Gasteiger partial charge < -0.3 is 52.3 Å². The lowest BCUT2D eigenvalue weighted by molar-refractivity contribution is -0.147. The van der Waals surface area contributed by atoms with Crippen LogP contribution in [0.2, 0.25) is 20.1 Å². The second-order valence-electron chi connectivity index (χ2n) is 22.0. The van der Waals surface area contributed by atoms with Crippen LogP contribution in [0.3, 0.4) is 0 Å². The summed E-state index contributed by atoms with van der Waals surface area (Å²) in [7, 11) is 0. The topological polar surface area (TPSA) is 262 Å². The number of aliphatic carboxylic acids is 2. The molecule has 98 heavy (non-hydrogen) atoms. The van der Waals surface area contributed by atoms with Crippen molar-refractivity contribution < 1.29 is 49.2 Å². The third-order valence-corrected chi connectivity index (χ3v) is 15.6. The molecule has 0 radical (unpaired) electrons. The monoisotopic (exact) mass is 1390 g/mol. The third kappa shape index (κ3) is 23.8. The van der Waals surface area contributed by atoms with E-state index in [1.54, 1.807) is 94.7 Å². The summed E-state index contributed by atoms with van der Waals surface area (Å²) >= 11 is 24.4. The molecule has 2 atom stereocenters. The molecule has 10 aromatic rings. The van der Waals surface area contributed by atoms with E-state index in [0.29, 0.717) is 42.8 Å². The fourth-order valence-corrected chi connectivity index (χ4v) is 10.7. The van der Waals surface area contributed by atoms with Gasteiger partial charge >= 0.3 is 24.0 Å². The summed E-state index contributed by atoms with van der Waals surface area (Å²) in [5, 5.41) is 55.1. The zero-order valence-corrected chi connectivity index (χ0v) is 55.7. The molecule has 0 aliphatic carbocycles. The van der Waals surface area contributed by atoms with Crippen LogP contribution in [0.1, 0.15) is 43.0 Å². The summed E-state index contributed by atoms with van der Waals surface area (Å²) < 4.78 is 0. The van der Waals surface area contributed by atoms with Crippen LogP contribution >= 0.6 is 46.4 Å². The molecule has 0 saturated heterocycles. The molecule has 0 bridgehead atoms. The van der Waals surface area contributed by atoms with Crippen LogP contribution in [0, 0.1) is 0 Å². The van der Waals surface area contributed by atoms with Crippen molar-refractivity contribution in [3.63, 3.8) is 0 Å². The molecule has 0 saturated carbocycles. The number of anilines is 4. The van der Waals surface area contributed by atoms with Gasteiger partial charge in [0.15, 0.2) is 12.2 Å². The number of urea groups is 2. The van der Waals surface area contributed by atoms with Gasteiger partial charge in [0.25, 0.3) is 11.8 Å². The fourth-order valence-electron chi connectivity index (χ4n) is 9.60. The Morgan fingerprint density at radius 2 is 0.653 bits per heavy atom. The normalized spacial score (nSPS) is 11.2. The maximum atomic E-state index is 13.5. The maximum Gasteiger partial charge on any atom is 0.334 e. The lowest BCUT2D eigenvalue weighted by Gasteiger charge is -2.24. The summed E-state index contributed by atoms with van der Waals surface area (Å²) in [4.78, 5) is 76.2. The minimum Gasteiger partial charge on any atom is -0.479 e. The molecular formula is C76H70Cl4N8O10. The van der Waals surface area contributed by atoms with E-state index in [9.17, 15) is 39.0 Å². The van der Waals surface area contributed by atoms with Crippen LogP contribution in [0.25, 0.3) is 22.3 Å². The van der Waals surface area contributed by atoms with Crippen LogP contribution in [0.4, 0.5) is 32.3 Å². The molecule has 502 valence electrons. The zero-order chi connectivity index (χ0) is 69.8.